The maximum atomic E-state index is 12.6. The lowest BCUT2D eigenvalue weighted by Crippen LogP contribution is -2.55. The van der Waals surface area contributed by atoms with Crippen molar-refractivity contribution in [2.75, 3.05) is 6.61 Å². The van der Waals surface area contributed by atoms with E-state index in [0.29, 0.717) is 5.56 Å². The predicted molar refractivity (Wildman–Crippen MR) is 125 cm³/mol. The number of carbonyl (C=O) groups is 2. The van der Waals surface area contributed by atoms with Crippen LogP contribution >= 0.6 is 0 Å². The molecule has 3 rings (SSSR count). The molecule has 1 aliphatic rings. The van der Waals surface area contributed by atoms with E-state index in [1.54, 1.807) is 50.3 Å². The van der Waals surface area contributed by atoms with E-state index in [2.05, 4.69) is 11.9 Å². The van der Waals surface area contributed by atoms with E-state index < -0.39 is 42.2 Å². The molecule has 4 atom stereocenters. The summed E-state index contributed by atoms with van der Waals surface area (Å²) >= 11 is 0. The van der Waals surface area contributed by atoms with Gasteiger partial charge in [0.15, 0.2) is 5.79 Å². The molecular formula is C26H31NO7. The fourth-order valence-electron chi connectivity index (χ4n) is 3.73. The van der Waals surface area contributed by atoms with Crippen molar-refractivity contribution in [2.24, 2.45) is 0 Å². The molecule has 0 radical (unpaired) electrons. The molecule has 0 saturated carbocycles. The molecule has 182 valence electrons. The summed E-state index contributed by atoms with van der Waals surface area (Å²) in [5, 5.41) is 13.5. The van der Waals surface area contributed by atoms with E-state index in [1.807, 2.05) is 30.3 Å². The third-order valence-electron chi connectivity index (χ3n) is 5.28. The second-order valence-electron chi connectivity index (χ2n) is 8.43. The van der Waals surface area contributed by atoms with Gasteiger partial charge in [-0.15, -0.1) is 6.58 Å². The van der Waals surface area contributed by atoms with Crippen LogP contribution in [0.1, 0.15) is 36.2 Å². The highest BCUT2D eigenvalue weighted by Gasteiger charge is 2.48. The monoisotopic (exact) mass is 469 g/mol. The lowest BCUT2D eigenvalue weighted by atomic mass is 9.98. The molecule has 0 aliphatic carbocycles. The van der Waals surface area contributed by atoms with Gasteiger partial charge in [0.05, 0.1) is 17.7 Å². The van der Waals surface area contributed by atoms with Gasteiger partial charge in [-0.2, -0.15) is 0 Å². The SMILES string of the molecule is C=CC[C@H](O)[C@@H](NC(=O)OCc1ccccc1)[C@@H]1OC(C)(C)O[C@@H]1COC(=O)c1ccccc1. The van der Waals surface area contributed by atoms with E-state index in [-0.39, 0.29) is 19.6 Å². The minimum absolute atomic E-state index is 0.0720. The van der Waals surface area contributed by atoms with Gasteiger partial charge in [-0.05, 0) is 38.0 Å². The molecule has 0 unspecified atom stereocenters. The van der Waals surface area contributed by atoms with Gasteiger partial charge < -0.3 is 29.4 Å². The quantitative estimate of drug-likeness (QED) is 0.405. The Kier molecular flexibility index (Phi) is 8.81. The molecular weight excluding hydrogens is 438 g/mol. The molecule has 1 aliphatic heterocycles. The Morgan fingerprint density at radius 2 is 1.74 bits per heavy atom. The van der Waals surface area contributed by atoms with Crippen LogP contribution in [0, 0.1) is 0 Å². The molecule has 2 aromatic rings. The van der Waals surface area contributed by atoms with Crippen LogP contribution < -0.4 is 5.32 Å². The van der Waals surface area contributed by atoms with Gasteiger partial charge >= 0.3 is 12.1 Å². The van der Waals surface area contributed by atoms with Crippen LogP contribution in [0.15, 0.2) is 73.3 Å². The molecule has 34 heavy (non-hydrogen) atoms. The van der Waals surface area contributed by atoms with Gasteiger partial charge in [-0.1, -0.05) is 54.6 Å². The zero-order valence-electron chi connectivity index (χ0n) is 19.4. The number of hydrogen-bond donors (Lipinski definition) is 2. The summed E-state index contributed by atoms with van der Waals surface area (Å²) in [7, 11) is 0. The molecule has 2 aromatic carbocycles. The summed E-state index contributed by atoms with van der Waals surface area (Å²) in [6.45, 7) is 7.03. The highest BCUT2D eigenvalue weighted by Crippen LogP contribution is 2.32. The van der Waals surface area contributed by atoms with Gasteiger partial charge in [-0.3, -0.25) is 0 Å². The van der Waals surface area contributed by atoms with E-state index in [0.717, 1.165) is 5.56 Å². The van der Waals surface area contributed by atoms with Gasteiger partial charge in [0.2, 0.25) is 0 Å². The first-order chi connectivity index (χ1) is 16.3. The average molecular weight is 470 g/mol. The Morgan fingerprint density at radius 1 is 1.09 bits per heavy atom. The highest BCUT2D eigenvalue weighted by atomic mass is 16.8. The van der Waals surface area contributed by atoms with Crippen LogP contribution in [0.4, 0.5) is 4.79 Å². The Morgan fingerprint density at radius 3 is 2.38 bits per heavy atom. The number of carbonyl (C=O) groups excluding carboxylic acids is 2. The zero-order chi connectivity index (χ0) is 24.6. The topological polar surface area (TPSA) is 103 Å². The number of ether oxygens (including phenoxy) is 4. The van der Waals surface area contributed by atoms with Crippen molar-refractivity contribution >= 4 is 12.1 Å². The molecule has 0 bridgehead atoms. The maximum absolute atomic E-state index is 12.6. The zero-order valence-corrected chi connectivity index (χ0v) is 19.4. The lowest BCUT2D eigenvalue weighted by molar-refractivity contribution is -0.153. The number of aliphatic hydroxyl groups excluding tert-OH is 1. The van der Waals surface area contributed by atoms with Crippen LogP contribution in [0.25, 0.3) is 0 Å². The van der Waals surface area contributed by atoms with Crippen molar-refractivity contribution in [3.8, 4) is 0 Å². The number of benzene rings is 2. The molecule has 0 aromatic heterocycles. The number of esters is 1. The molecule has 8 heteroatoms. The van der Waals surface area contributed by atoms with E-state index >= 15 is 0 Å². The first-order valence-electron chi connectivity index (χ1n) is 11.1. The van der Waals surface area contributed by atoms with E-state index in [1.165, 1.54) is 0 Å². The number of nitrogens with one attached hydrogen (secondary N) is 1. The lowest BCUT2D eigenvalue weighted by Gasteiger charge is -2.30. The average Bonchev–Trinajstić information content (AvgIpc) is 3.15. The third-order valence-corrected chi connectivity index (χ3v) is 5.28. The Hall–Kier alpha value is -3.20. The van der Waals surface area contributed by atoms with Crippen molar-refractivity contribution in [3.05, 3.63) is 84.4 Å². The van der Waals surface area contributed by atoms with E-state index in [9.17, 15) is 14.7 Å². The fraction of sp³-hybridized carbons (Fsp3) is 0.385. The second kappa shape index (κ2) is 11.8. The molecule has 8 nitrogen and oxygen atoms in total. The molecule has 0 spiro atoms. The number of hydrogen-bond acceptors (Lipinski definition) is 7. The maximum Gasteiger partial charge on any atom is 0.407 e. The van der Waals surface area contributed by atoms with Crippen molar-refractivity contribution < 1.29 is 33.6 Å². The third kappa shape index (κ3) is 7.15. The summed E-state index contributed by atoms with van der Waals surface area (Å²) in [4.78, 5) is 25.0. The molecule has 1 amide bonds. The Labute approximate surface area is 199 Å². The van der Waals surface area contributed by atoms with Crippen LogP contribution in [-0.2, 0) is 25.6 Å². The number of amides is 1. The first kappa shape index (κ1) is 25.4. The Bertz CT molecular complexity index is 948. The van der Waals surface area contributed by atoms with Crippen LogP contribution in [0.2, 0.25) is 0 Å². The minimum atomic E-state index is -1.03. The first-order valence-corrected chi connectivity index (χ1v) is 11.1. The summed E-state index contributed by atoms with van der Waals surface area (Å²) in [6.07, 6.45) is -1.55. The summed E-state index contributed by atoms with van der Waals surface area (Å²) in [6, 6.07) is 16.9. The molecule has 1 fully saturated rings. The summed E-state index contributed by atoms with van der Waals surface area (Å²) < 4.78 is 22.7. The summed E-state index contributed by atoms with van der Waals surface area (Å²) in [5.41, 5.74) is 1.23. The molecule has 1 saturated heterocycles. The van der Waals surface area contributed by atoms with Crippen molar-refractivity contribution in [3.63, 3.8) is 0 Å². The summed E-state index contributed by atoms with van der Waals surface area (Å²) in [5.74, 6) is -1.53. The Balaban J connectivity index is 1.69. The van der Waals surface area contributed by atoms with E-state index in [4.69, 9.17) is 18.9 Å². The molecule has 1 heterocycles. The minimum Gasteiger partial charge on any atom is -0.459 e. The predicted octanol–water partition coefficient (Wildman–Crippen LogP) is 3.60. The van der Waals surface area contributed by atoms with Crippen LogP contribution in [-0.4, -0.2) is 53.9 Å². The van der Waals surface area contributed by atoms with Crippen molar-refractivity contribution in [1.82, 2.24) is 5.32 Å². The van der Waals surface area contributed by atoms with Crippen molar-refractivity contribution in [1.29, 1.82) is 0 Å². The van der Waals surface area contributed by atoms with Gasteiger partial charge in [0.25, 0.3) is 0 Å². The molecule has 2 N–H and O–H groups in total. The largest absolute Gasteiger partial charge is 0.459 e. The normalized spacial score (nSPS) is 20.7. The highest BCUT2D eigenvalue weighted by molar-refractivity contribution is 5.89. The van der Waals surface area contributed by atoms with Gasteiger partial charge in [-0.25, -0.2) is 9.59 Å². The number of rotatable bonds is 10. The number of alkyl carbamates (subject to hydrolysis) is 1. The second-order valence-corrected chi connectivity index (χ2v) is 8.43. The van der Waals surface area contributed by atoms with Crippen LogP contribution in [0.3, 0.4) is 0 Å². The standard InChI is InChI=1S/C26H31NO7/c1-4-11-20(28)22(27-25(30)32-16-18-12-7-5-8-13-18)23-21(33-26(2,3)34-23)17-31-24(29)19-14-9-6-10-15-19/h4-10,12-15,20-23,28H,1,11,16-17H2,2-3H3,(H,27,30)/t20-,21+,22+,23+/m0/s1. The smallest absolute Gasteiger partial charge is 0.407 e. The van der Waals surface area contributed by atoms with Crippen LogP contribution in [0.5, 0.6) is 0 Å². The fourth-order valence-corrected chi connectivity index (χ4v) is 3.73. The number of aliphatic hydroxyl groups is 1. The van der Waals surface area contributed by atoms with Gasteiger partial charge in [0.1, 0.15) is 25.4 Å². The van der Waals surface area contributed by atoms with Gasteiger partial charge in [0, 0.05) is 0 Å². The van der Waals surface area contributed by atoms with Crippen molar-refractivity contribution in [2.45, 2.75) is 57.0 Å².